The van der Waals surface area contributed by atoms with Crippen LogP contribution in [-0.2, 0) is 10.0 Å². The summed E-state index contributed by atoms with van der Waals surface area (Å²) in [5, 5.41) is 0.487. The van der Waals surface area contributed by atoms with Crippen molar-refractivity contribution < 1.29 is 8.42 Å². The number of fused-ring (bicyclic) bond motifs is 1. The summed E-state index contributed by atoms with van der Waals surface area (Å²) in [5.41, 5.74) is 4.11. The molecule has 1 heterocycles. The Labute approximate surface area is 200 Å². The van der Waals surface area contributed by atoms with E-state index >= 15 is 0 Å². The molecule has 1 unspecified atom stereocenters. The Morgan fingerprint density at radius 1 is 0.941 bits per heavy atom. The SMILES string of the molecule is CCN(C(C)c1nc2ccccc2c(=O)n1-c1ccc(C)c(C)c1)S(=O)(=O)c1ccc(C)cc1. The molecule has 0 aliphatic heterocycles. The molecular formula is C27H29N3O3S. The minimum atomic E-state index is -3.82. The highest BCUT2D eigenvalue weighted by molar-refractivity contribution is 7.89. The van der Waals surface area contributed by atoms with E-state index in [9.17, 15) is 13.2 Å². The van der Waals surface area contributed by atoms with E-state index in [0.717, 1.165) is 16.7 Å². The molecule has 0 saturated heterocycles. The first kappa shape index (κ1) is 23.9. The zero-order chi connectivity index (χ0) is 24.6. The van der Waals surface area contributed by atoms with Crippen LogP contribution >= 0.6 is 0 Å². The van der Waals surface area contributed by atoms with Crippen LogP contribution in [0.5, 0.6) is 0 Å². The highest BCUT2D eigenvalue weighted by Crippen LogP contribution is 2.28. The van der Waals surface area contributed by atoms with Crippen LogP contribution in [0.2, 0.25) is 0 Å². The fourth-order valence-corrected chi connectivity index (χ4v) is 5.77. The predicted molar refractivity (Wildman–Crippen MR) is 136 cm³/mol. The van der Waals surface area contributed by atoms with E-state index in [-0.39, 0.29) is 17.0 Å². The van der Waals surface area contributed by atoms with E-state index in [4.69, 9.17) is 4.98 Å². The summed E-state index contributed by atoms with van der Waals surface area (Å²) in [5.74, 6) is 0.379. The topological polar surface area (TPSA) is 72.3 Å². The molecule has 0 aliphatic rings. The van der Waals surface area contributed by atoms with E-state index in [1.165, 1.54) is 4.31 Å². The molecule has 6 nitrogen and oxygen atoms in total. The number of para-hydroxylation sites is 1. The molecule has 7 heteroatoms. The minimum Gasteiger partial charge on any atom is -0.268 e. The Bertz CT molecular complexity index is 1520. The number of benzene rings is 3. The maximum Gasteiger partial charge on any atom is 0.266 e. The van der Waals surface area contributed by atoms with Gasteiger partial charge in [-0.05, 0) is 75.2 Å². The van der Waals surface area contributed by atoms with E-state index in [2.05, 4.69) is 0 Å². The highest BCUT2D eigenvalue weighted by atomic mass is 32.2. The van der Waals surface area contributed by atoms with Gasteiger partial charge in [0.15, 0.2) is 0 Å². The Balaban J connectivity index is 1.95. The number of nitrogens with zero attached hydrogens (tertiary/aromatic N) is 3. The molecular weight excluding hydrogens is 446 g/mol. The van der Waals surface area contributed by atoms with Crippen LogP contribution in [0.4, 0.5) is 0 Å². The zero-order valence-corrected chi connectivity index (χ0v) is 20.9. The van der Waals surface area contributed by atoms with Crippen molar-refractivity contribution in [3.8, 4) is 5.69 Å². The maximum atomic E-state index is 13.7. The van der Waals surface area contributed by atoms with Crippen LogP contribution in [0, 0.1) is 20.8 Å². The van der Waals surface area contributed by atoms with E-state index < -0.39 is 16.1 Å². The third-order valence-electron chi connectivity index (χ3n) is 6.30. The maximum absolute atomic E-state index is 13.7. The van der Waals surface area contributed by atoms with Crippen molar-refractivity contribution >= 4 is 20.9 Å². The lowest BCUT2D eigenvalue weighted by Crippen LogP contribution is -2.37. The normalized spacial score (nSPS) is 12.9. The summed E-state index contributed by atoms with van der Waals surface area (Å²) in [7, 11) is -3.82. The number of aromatic nitrogens is 2. The van der Waals surface area contributed by atoms with Gasteiger partial charge in [-0.25, -0.2) is 13.4 Å². The fraction of sp³-hybridized carbons (Fsp3) is 0.259. The molecule has 3 aromatic carbocycles. The van der Waals surface area contributed by atoms with Gasteiger partial charge in [0.2, 0.25) is 10.0 Å². The minimum absolute atomic E-state index is 0.215. The smallest absolute Gasteiger partial charge is 0.266 e. The van der Waals surface area contributed by atoms with Crippen LogP contribution < -0.4 is 5.56 Å². The van der Waals surface area contributed by atoms with Gasteiger partial charge in [0.1, 0.15) is 5.82 Å². The second-order valence-corrected chi connectivity index (χ2v) is 10.5. The average Bonchev–Trinajstić information content (AvgIpc) is 2.81. The van der Waals surface area contributed by atoms with E-state index in [0.29, 0.717) is 22.4 Å². The van der Waals surface area contributed by atoms with Crippen molar-refractivity contribution in [1.82, 2.24) is 13.9 Å². The summed E-state index contributed by atoms with van der Waals surface area (Å²) in [6.07, 6.45) is 0. The zero-order valence-electron chi connectivity index (χ0n) is 20.1. The van der Waals surface area contributed by atoms with Gasteiger partial charge in [-0.3, -0.25) is 9.36 Å². The molecule has 1 aromatic heterocycles. The Morgan fingerprint density at radius 2 is 1.62 bits per heavy atom. The molecule has 4 aromatic rings. The molecule has 0 N–H and O–H groups in total. The molecule has 4 rings (SSSR count). The third-order valence-corrected chi connectivity index (χ3v) is 8.36. The monoisotopic (exact) mass is 475 g/mol. The molecule has 0 amide bonds. The van der Waals surface area contributed by atoms with E-state index in [1.807, 2.05) is 45.0 Å². The van der Waals surface area contributed by atoms with Gasteiger partial charge in [-0.15, -0.1) is 0 Å². The van der Waals surface area contributed by atoms with Gasteiger partial charge >= 0.3 is 0 Å². The number of sulfonamides is 1. The van der Waals surface area contributed by atoms with Gasteiger partial charge in [0.05, 0.1) is 27.5 Å². The number of rotatable bonds is 6. The lowest BCUT2D eigenvalue weighted by molar-refractivity contribution is 0.340. The molecule has 0 saturated carbocycles. The van der Waals surface area contributed by atoms with Crippen molar-refractivity contribution in [1.29, 1.82) is 0 Å². The molecule has 34 heavy (non-hydrogen) atoms. The quantitative estimate of drug-likeness (QED) is 0.390. The standard InChI is InChI=1S/C27H29N3O3S/c1-6-29(34(32,33)23-15-11-18(2)12-16-23)21(5)26-28-25-10-8-7-9-24(25)27(31)30(26)22-14-13-19(3)20(4)17-22/h7-17,21H,6H2,1-5H3. The van der Waals surface area contributed by atoms with Crippen LogP contribution in [0.25, 0.3) is 16.6 Å². The Hall–Kier alpha value is -3.29. The first-order chi connectivity index (χ1) is 16.1. The van der Waals surface area contributed by atoms with Gasteiger partial charge < -0.3 is 0 Å². The van der Waals surface area contributed by atoms with Crippen molar-refractivity contribution in [2.75, 3.05) is 6.54 Å². The van der Waals surface area contributed by atoms with Crippen molar-refractivity contribution in [2.45, 2.75) is 45.6 Å². The van der Waals surface area contributed by atoms with Crippen LogP contribution in [0.1, 0.15) is 42.4 Å². The fourth-order valence-electron chi connectivity index (χ4n) is 4.17. The Kier molecular flexibility index (Phi) is 6.43. The van der Waals surface area contributed by atoms with E-state index in [1.54, 1.807) is 60.9 Å². The molecule has 0 spiro atoms. The molecule has 0 bridgehead atoms. The molecule has 1 atom stereocenters. The molecule has 0 aliphatic carbocycles. The summed E-state index contributed by atoms with van der Waals surface area (Å²) in [4.78, 5) is 18.7. The molecule has 0 radical (unpaired) electrons. The second kappa shape index (κ2) is 9.16. The summed E-state index contributed by atoms with van der Waals surface area (Å²) in [6, 6.07) is 19.0. The van der Waals surface area contributed by atoms with Crippen molar-refractivity contribution in [3.05, 3.63) is 99.6 Å². The number of hydrogen-bond donors (Lipinski definition) is 0. The van der Waals surface area contributed by atoms with Crippen LogP contribution in [0.3, 0.4) is 0 Å². The lowest BCUT2D eigenvalue weighted by Gasteiger charge is -2.29. The Morgan fingerprint density at radius 3 is 2.26 bits per heavy atom. The second-order valence-electron chi connectivity index (χ2n) is 8.59. The van der Waals surface area contributed by atoms with Crippen molar-refractivity contribution in [3.63, 3.8) is 0 Å². The molecule has 0 fully saturated rings. The average molecular weight is 476 g/mol. The molecule has 176 valence electrons. The van der Waals surface area contributed by atoms with Crippen LogP contribution in [0.15, 0.2) is 76.4 Å². The predicted octanol–water partition coefficient (Wildman–Crippen LogP) is 5.08. The third kappa shape index (κ3) is 4.17. The highest BCUT2D eigenvalue weighted by Gasteiger charge is 2.32. The van der Waals surface area contributed by atoms with Gasteiger partial charge in [-0.1, -0.05) is 42.8 Å². The summed E-state index contributed by atoms with van der Waals surface area (Å²) in [6.45, 7) is 9.72. The lowest BCUT2D eigenvalue weighted by atomic mass is 10.1. The van der Waals surface area contributed by atoms with Gasteiger partial charge in [-0.2, -0.15) is 4.31 Å². The first-order valence-corrected chi connectivity index (χ1v) is 12.8. The van der Waals surface area contributed by atoms with Gasteiger partial charge in [0.25, 0.3) is 5.56 Å². The first-order valence-electron chi connectivity index (χ1n) is 11.3. The summed E-state index contributed by atoms with van der Waals surface area (Å²) < 4.78 is 30.1. The van der Waals surface area contributed by atoms with Crippen molar-refractivity contribution in [2.24, 2.45) is 0 Å². The van der Waals surface area contributed by atoms with Crippen LogP contribution in [-0.4, -0.2) is 28.8 Å². The summed E-state index contributed by atoms with van der Waals surface area (Å²) >= 11 is 0. The number of hydrogen-bond acceptors (Lipinski definition) is 4. The number of aryl methyl sites for hydroxylation is 3. The largest absolute Gasteiger partial charge is 0.268 e. The van der Waals surface area contributed by atoms with Gasteiger partial charge in [0, 0.05) is 6.54 Å².